The number of rotatable bonds is 1. The number of alkyl halides is 3. The van der Waals surface area contributed by atoms with Gasteiger partial charge < -0.3 is 14.6 Å². The van der Waals surface area contributed by atoms with Crippen LogP contribution in [0.3, 0.4) is 0 Å². The Labute approximate surface area is 207 Å². The van der Waals surface area contributed by atoms with Gasteiger partial charge in [-0.3, -0.25) is 9.59 Å². The van der Waals surface area contributed by atoms with Crippen LogP contribution >= 0.6 is 34.8 Å². The molecule has 5 aliphatic rings. The smallest absolute Gasteiger partial charge is 0.213 e. The molecule has 9 atom stereocenters. The number of fused-ring (bicyclic) bond motifs is 7. The third-order valence-electron chi connectivity index (χ3n) is 9.21. The van der Waals surface area contributed by atoms with Gasteiger partial charge in [0, 0.05) is 17.3 Å². The summed E-state index contributed by atoms with van der Waals surface area (Å²) in [7, 11) is 0. The molecule has 9 heteroatoms. The van der Waals surface area contributed by atoms with E-state index in [2.05, 4.69) is 0 Å². The number of hydrogen-bond donors (Lipinski definition) is 1. The summed E-state index contributed by atoms with van der Waals surface area (Å²) in [5.74, 6) is -3.68. The molecular weight excluding hydrogens is 494 g/mol. The van der Waals surface area contributed by atoms with Crippen molar-refractivity contribution in [1.29, 1.82) is 0 Å². The van der Waals surface area contributed by atoms with Gasteiger partial charge in [-0.15, -0.1) is 23.2 Å². The summed E-state index contributed by atoms with van der Waals surface area (Å²) >= 11 is 21.0. The monoisotopic (exact) mass is 520 g/mol. The number of aliphatic hydroxyl groups is 1. The van der Waals surface area contributed by atoms with Gasteiger partial charge in [-0.2, -0.15) is 0 Å². The summed E-state index contributed by atoms with van der Waals surface area (Å²) in [6.45, 7) is 8.55. The fourth-order valence-electron chi connectivity index (χ4n) is 8.11. The van der Waals surface area contributed by atoms with Crippen LogP contribution in [-0.2, 0) is 19.1 Å². The van der Waals surface area contributed by atoms with Gasteiger partial charge in [0.1, 0.15) is 4.87 Å². The molecule has 3 saturated carbocycles. The lowest BCUT2D eigenvalue weighted by atomic mass is 9.45. The minimum atomic E-state index is -2.07. The summed E-state index contributed by atoms with van der Waals surface area (Å²) in [4.78, 5) is 23.7. The first-order valence-corrected chi connectivity index (χ1v) is 12.4. The second-order valence-corrected chi connectivity index (χ2v) is 13.0. The van der Waals surface area contributed by atoms with E-state index in [-0.39, 0.29) is 30.1 Å². The van der Waals surface area contributed by atoms with Crippen LogP contribution in [-0.4, -0.2) is 49.5 Å². The van der Waals surface area contributed by atoms with Crippen molar-refractivity contribution >= 4 is 46.4 Å². The molecule has 182 valence electrons. The Morgan fingerprint density at radius 1 is 1.18 bits per heavy atom. The molecule has 1 heterocycles. The van der Waals surface area contributed by atoms with E-state index >= 15 is 4.39 Å². The first-order valence-electron chi connectivity index (χ1n) is 11.3. The number of allylic oxidation sites excluding steroid dienone is 4. The molecule has 1 saturated heterocycles. The molecule has 1 N–H and O–H groups in total. The predicted molar refractivity (Wildman–Crippen MR) is 122 cm³/mol. The number of Topliss-reactive ketones (excluding diaryl/α,β-unsaturated/α-hetero) is 1. The zero-order valence-electron chi connectivity index (χ0n) is 19.2. The van der Waals surface area contributed by atoms with E-state index in [4.69, 9.17) is 44.3 Å². The van der Waals surface area contributed by atoms with Gasteiger partial charge >= 0.3 is 0 Å². The fraction of sp³-hybridized carbons (Fsp3) is 0.750. The van der Waals surface area contributed by atoms with Crippen molar-refractivity contribution in [2.75, 3.05) is 0 Å². The third-order valence-corrected chi connectivity index (χ3v) is 11.1. The summed E-state index contributed by atoms with van der Waals surface area (Å²) in [6, 6.07) is 0. The van der Waals surface area contributed by atoms with Crippen LogP contribution in [0.25, 0.3) is 0 Å². The van der Waals surface area contributed by atoms with Gasteiger partial charge in [0.25, 0.3) is 0 Å². The van der Waals surface area contributed by atoms with Gasteiger partial charge in [-0.1, -0.05) is 31.5 Å². The van der Waals surface area contributed by atoms with Crippen LogP contribution in [0.5, 0.6) is 0 Å². The Kier molecular flexibility index (Phi) is 4.86. The molecule has 33 heavy (non-hydrogen) atoms. The number of carbonyl (C=O) groups excluding carboxylic acids is 2. The van der Waals surface area contributed by atoms with Gasteiger partial charge in [-0.05, 0) is 57.1 Å². The third kappa shape index (κ3) is 2.56. The largest absolute Gasteiger partial charge is 0.373 e. The van der Waals surface area contributed by atoms with E-state index in [1.54, 1.807) is 20.8 Å². The van der Waals surface area contributed by atoms with Crippen LogP contribution in [0.2, 0.25) is 0 Å². The number of halogens is 4. The molecule has 5 rings (SSSR count). The summed E-state index contributed by atoms with van der Waals surface area (Å²) in [5.41, 5.74) is -3.50. The Morgan fingerprint density at radius 3 is 2.42 bits per heavy atom. The fourth-order valence-corrected chi connectivity index (χ4v) is 9.71. The molecule has 4 fully saturated rings. The van der Waals surface area contributed by atoms with Crippen LogP contribution in [0.1, 0.15) is 53.9 Å². The van der Waals surface area contributed by atoms with E-state index in [9.17, 15) is 14.7 Å². The first-order chi connectivity index (χ1) is 15.0. The van der Waals surface area contributed by atoms with E-state index in [0.29, 0.717) is 6.42 Å². The van der Waals surface area contributed by atoms with Crippen molar-refractivity contribution in [3.05, 3.63) is 23.6 Å². The van der Waals surface area contributed by atoms with Crippen molar-refractivity contribution in [1.82, 2.24) is 0 Å². The highest BCUT2D eigenvalue weighted by atomic mass is 35.5. The first kappa shape index (κ1) is 24.2. The maximum absolute atomic E-state index is 15.1. The van der Waals surface area contributed by atoms with E-state index in [1.807, 2.05) is 6.92 Å². The second kappa shape index (κ2) is 6.63. The Morgan fingerprint density at radius 2 is 1.82 bits per heavy atom. The highest BCUT2D eigenvalue weighted by Gasteiger charge is 2.82. The Hall–Kier alpha value is -0.500. The molecule has 0 unspecified atom stereocenters. The molecule has 1 aliphatic heterocycles. The molecule has 0 radical (unpaired) electrons. The van der Waals surface area contributed by atoms with Crippen molar-refractivity contribution in [2.45, 2.75) is 86.7 Å². The molecule has 5 nitrogen and oxygen atoms in total. The van der Waals surface area contributed by atoms with Gasteiger partial charge in [0.05, 0.1) is 11.5 Å². The van der Waals surface area contributed by atoms with Crippen LogP contribution in [0.15, 0.2) is 23.6 Å². The zero-order chi connectivity index (χ0) is 24.6. The minimum Gasteiger partial charge on any atom is -0.373 e. The van der Waals surface area contributed by atoms with Crippen molar-refractivity contribution < 1.29 is 28.6 Å². The molecular formula is C24H28Cl3FO5. The molecule has 0 amide bonds. The number of hydrogen-bond acceptors (Lipinski definition) is 5. The normalized spacial score (nSPS) is 54.5. The Balaban J connectivity index is 1.72. The van der Waals surface area contributed by atoms with Crippen molar-refractivity contribution in [3.8, 4) is 0 Å². The van der Waals surface area contributed by atoms with Gasteiger partial charge in [0.15, 0.2) is 28.1 Å². The quantitative estimate of drug-likeness (QED) is 0.502. The standard InChI is InChI=1S/C24H28Cl3FO5/c1-11(29)23-16(32-19(2,3)33-23)9-12-13-8-14(25)17-18(28)15(30)6-7-20(17,4)24(13,27)22(26,31)10-21(12,23)5/h6-7,12-14,16,31H,8-10H2,1-5H3/t12-,13-,14-,16+,20-,21-,22+,23+,24+/m0/s1. The zero-order valence-corrected chi connectivity index (χ0v) is 21.4. The average Bonchev–Trinajstić information content (AvgIpc) is 3.08. The molecule has 0 spiro atoms. The van der Waals surface area contributed by atoms with Crippen LogP contribution in [0, 0.1) is 22.7 Å². The van der Waals surface area contributed by atoms with Crippen LogP contribution < -0.4 is 0 Å². The molecule has 0 aromatic heterocycles. The average molecular weight is 522 g/mol. The van der Waals surface area contributed by atoms with Crippen molar-refractivity contribution in [3.63, 3.8) is 0 Å². The maximum atomic E-state index is 15.1. The Bertz CT molecular complexity index is 1040. The highest BCUT2D eigenvalue weighted by Crippen LogP contribution is 2.76. The predicted octanol–water partition coefficient (Wildman–Crippen LogP) is 4.80. The number of carbonyl (C=O) groups is 2. The highest BCUT2D eigenvalue weighted by molar-refractivity contribution is 6.36. The minimum absolute atomic E-state index is 0.0544. The van der Waals surface area contributed by atoms with Gasteiger partial charge in [-0.25, -0.2) is 4.39 Å². The lowest BCUT2D eigenvalue weighted by Crippen LogP contribution is -2.73. The lowest BCUT2D eigenvalue weighted by Gasteiger charge is -2.66. The van der Waals surface area contributed by atoms with E-state index in [1.165, 1.54) is 13.0 Å². The maximum Gasteiger partial charge on any atom is 0.213 e. The topological polar surface area (TPSA) is 72.8 Å². The van der Waals surface area contributed by atoms with E-state index < -0.39 is 61.2 Å². The number of ketones is 2. The number of ether oxygens (including phenoxy) is 2. The molecule has 0 aromatic rings. The summed E-state index contributed by atoms with van der Waals surface area (Å²) < 4.78 is 27.6. The molecule has 0 bridgehead atoms. The van der Waals surface area contributed by atoms with Gasteiger partial charge in [0.2, 0.25) is 5.78 Å². The summed E-state index contributed by atoms with van der Waals surface area (Å²) in [6.07, 6.45) is 2.65. The van der Waals surface area contributed by atoms with E-state index in [0.717, 1.165) is 6.08 Å². The second-order valence-electron chi connectivity index (χ2n) is 11.2. The molecule has 0 aromatic carbocycles. The molecule has 4 aliphatic carbocycles. The van der Waals surface area contributed by atoms with Crippen molar-refractivity contribution in [2.24, 2.45) is 22.7 Å². The SMILES string of the molecule is CC(=O)[C@@]12OC(C)(C)O[C@@H]1C[C@H]1[C@@H]3C[C@H](Cl)C4=C(F)C(=O)C=C[C@]4(C)[C@@]3(Cl)[C@@](O)(Cl)C[C@@]12C. The summed E-state index contributed by atoms with van der Waals surface area (Å²) in [5, 5.41) is 8.95. The van der Waals surface area contributed by atoms with Crippen LogP contribution in [0.4, 0.5) is 4.39 Å². The lowest BCUT2D eigenvalue weighted by molar-refractivity contribution is -0.225.